The second-order valence-corrected chi connectivity index (χ2v) is 9.25. The molecule has 13 nitrogen and oxygen atoms in total. The van der Waals surface area contributed by atoms with Crippen molar-refractivity contribution in [2.75, 3.05) is 52.8 Å². The molecule has 4 N–H and O–H groups in total. The Labute approximate surface area is 247 Å². The molecule has 1 amide bonds. The number of hydrogen-bond donors (Lipinski definition) is 3. The standard InChI is InChI=1S/C28H34ClN5O8/c1-34-27(36)24(23(18-32-34)42-16-15-41-14-13-40-12-11-39-10-8-30)20-6-4-19(5-7-20)17-22(28(37)38)33-26(35)21-3-2-9-31-25(21)29/h2-7,9,18,22H,8,10-17,30H2,1H3,(H,33,35)(H,37,38). The van der Waals surface area contributed by atoms with Crippen LogP contribution in [0.3, 0.4) is 0 Å². The lowest BCUT2D eigenvalue weighted by Gasteiger charge is -2.16. The van der Waals surface area contributed by atoms with Crippen LogP contribution in [0.2, 0.25) is 5.15 Å². The Balaban J connectivity index is 1.58. The summed E-state index contributed by atoms with van der Waals surface area (Å²) in [6.07, 6.45) is 2.88. The summed E-state index contributed by atoms with van der Waals surface area (Å²) in [7, 11) is 1.53. The van der Waals surface area contributed by atoms with Gasteiger partial charge in [-0.2, -0.15) is 5.10 Å². The molecule has 0 aliphatic rings. The van der Waals surface area contributed by atoms with Crippen molar-refractivity contribution in [1.82, 2.24) is 20.1 Å². The maximum absolute atomic E-state index is 12.9. The molecule has 42 heavy (non-hydrogen) atoms. The minimum absolute atomic E-state index is 0.00127. The number of aliphatic carboxylic acids is 1. The normalized spacial score (nSPS) is 11.7. The van der Waals surface area contributed by atoms with E-state index in [9.17, 15) is 19.5 Å². The number of amides is 1. The van der Waals surface area contributed by atoms with Gasteiger partial charge in [0, 0.05) is 26.2 Å². The van der Waals surface area contributed by atoms with Gasteiger partial charge >= 0.3 is 5.97 Å². The molecule has 0 aliphatic heterocycles. The third-order valence-electron chi connectivity index (χ3n) is 5.88. The zero-order valence-electron chi connectivity index (χ0n) is 23.2. The summed E-state index contributed by atoms with van der Waals surface area (Å²) in [6.45, 7) is 3.11. The number of ether oxygens (including phenoxy) is 4. The second kappa shape index (κ2) is 17.2. The molecule has 1 aromatic carbocycles. The number of hydrogen-bond acceptors (Lipinski definition) is 10. The zero-order valence-corrected chi connectivity index (χ0v) is 23.9. The van der Waals surface area contributed by atoms with Crippen molar-refractivity contribution < 1.29 is 33.6 Å². The smallest absolute Gasteiger partial charge is 0.326 e. The van der Waals surface area contributed by atoms with Crippen LogP contribution in [0.1, 0.15) is 15.9 Å². The molecule has 2 aromatic heterocycles. The molecule has 226 valence electrons. The van der Waals surface area contributed by atoms with Gasteiger partial charge in [0.05, 0.1) is 57.0 Å². The van der Waals surface area contributed by atoms with E-state index in [1.807, 2.05) is 0 Å². The van der Waals surface area contributed by atoms with Crippen molar-refractivity contribution in [3.8, 4) is 16.9 Å². The van der Waals surface area contributed by atoms with Gasteiger partial charge in [-0.3, -0.25) is 9.59 Å². The van der Waals surface area contributed by atoms with Crippen molar-refractivity contribution in [3.05, 3.63) is 75.4 Å². The first-order valence-electron chi connectivity index (χ1n) is 13.2. The van der Waals surface area contributed by atoms with Crippen molar-refractivity contribution in [2.24, 2.45) is 12.8 Å². The van der Waals surface area contributed by atoms with Crippen LogP contribution >= 0.6 is 11.6 Å². The Morgan fingerprint density at radius 2 is 1.67 bits per heavy atom. The van der Waals surface area contributed by atoms with Gasteiger partial charge in [-0.15, -0.1) is 0 Å². The highest BCUT2D eigenvalue weighted by Gasteiger charge is 2.23. The summed E-state index contributed by atoms with van der Waals surface area (Å²) < 4.78 is 23.1. The first-order valence-corrected chi connectivity index (χ1v) is 13.6. The van der Waals surface area contributed by atoms with Gasteiger partial charge < -0.3 is 35.1 Å². The van der Waals surface area contributed by atoms with Crippen LogP contribution in [0, 0.1) is 0 Å². The van der Waals surface area contributed by atoms with Crippen LogP contribution in [-0.2, 0) is 32.5 Å². The molecule has 1 unspecified atom stereocenters. The largest absolute Gasteiger partial charge is 0.489 e. The van der Waals surface area contributed by atoms with E-state index in [-0.39, 0.29) is 41.7 Å². The predicted octanol–water partition coefficient (Wildman–Crippen LogP) is 1.31. The van der Waals surface area contributed by atoms with E-state index in [1.54, 1.807) is 24.3 Å². The SMILES string of the molecule is Cn1ncc(OCCOCCOCCOCCN)c(-c2ccc(CC(NC(=O)c3cccnc3Cl)C(=O)O)cc2)c1=O. The summed E-state index contributed by atoms with van der Waals surface area (Å²) >= 11 is 5.96. The van der Waals surface area contributed by atoms with Crippen molar-refractivity contribution in [2.45, 2.75) is 12.5 Å². The van der Waals surface area contributed by atoms with E-state index in [2.05, 4.69) is 15.4 Å². The molecule has 0 aliphatic carbocycles. The number of carbonyl (C=O) groups excluding carboxylic acids is 1. The topological polar surface area (TPSA) is 177 Å². The lowest BCUT2D eigenvalue weighted by molar-refractivity contribution is -0.139. The average Bonchev–Trinajstić information content (AvgIpc) is 2.98. The minimum Gasteiger partial charge on any atom is -0.489 e. The number of aromatic nitrogens is 3. The van der Waals surface area contributed by atoms with Crippen LogP contribution in [0.15, 0.2) is 53.6 Å². The number of carbonyl (C=O) groups is 2. The predicted molar refractivity (Wildman–Crippen MR) is 154 cm³/mol. The molecule has 14 heteroatoms. The fraction of sp³-hybridized carbons (Fsp3) is 0.393. The molecular formula is C28H34ClN5O8. The Morgan fingerprint density at radius 3 is 2.29 bits per heavy atom. The molecule has 2 heterocycles. The fourth-order valence-corrected chi connectivity index (χ4v) is 3.97. The number of halogens is 1. The van der Waals surface area contributed by atoms with Gasteiger partial charge in [-0.25, -0.2) is 14.5 Å². The molecule has 0 saturated heterocycles. The average molecular weight is 604 g/mol. The van der Waals surface area contributed by atoms with E-state index in [1.165, 1.54) is 36.3 Å². The molecule has 0 fully saturated rings. The van der Waals surface area contributed by atoms with Crippen LogP contribution < -0.4 is 21.3 Å². The van der Waals surface area contributed by atoms with Gasteiger partial charge in [0.25, 0.3) is 11.5 Å². The number of benzene rings is 1. The summed E-state index contributed by atoms with van der Waals surface area (Å²) in [6, 6.07) is 8.50. The van der Waals surface area contributed by atoms with E-state index in [0.717, 1.165) is 0 Å². The van der Waals surface area contributed by atoms with Gasteiger partial charge in [0.15, 0.2) is 5.75 Å². The number of nitrogens with one attached hydrogen (secondary N) is 1. The minimum atomic E-state index is -1.22. The fourth-order valence-electron chi connectivity index (χ4n) is 3.77. The van der Waals surface area contributed by atoms with Gasteiger partial charge in [0.1, 0.15) is 17.8 Å². The van der Waals surface area contributed by atoms with Gasteiger partial charge in [-0.05, 0) is 23.3 Å². The Hall–Kier alpha value is -3.88. The zero-order chi connectivity index (χ0) is 30.3. The number of pyridine rings is 1. The highest BCUT2D eigenvalue weighted by Crippen LogP contribution is 2.26. The number of rotatable bonds is 18. The summed E-state index contributed by atoms with van der Waals surface area (Å²) in [5.74, 6) is -1.58. The van der Waals surface area contributed by atoms with Gasteiger partial charge in [-0.1, -0.05) is 35.9 Å². The highest BCUT2D eigenvalue weighted by atomic mass is 35.5. The van der Waals surface area contributed by atoms with Crippen molar-refractivity contribution in [1.29, 1.82) is 0 Å². The third-order valence-corrected chi connectivity index (χ3v) is 6.18. The molecule has 0 bridgehead atoms. The van der Waals surface area contributed by atoms with Crippen LogP contribution in [0.4, 0.5) is 0 Å². The Bertz CT molecular complexity index is 1370. The first-order chi connectivity index (χ1) is 20.3. The highest BCUT2D eigenvalue weighted by molar-refractivity contribution is 6.32. The molecule has 3 aromatic rings. The molecule has 0 spiro atoms. The maximum Gasteiger partial charge on any atom is 0.326 e. The van der Waals surface area contributed by atoms with E-state index in [4.69, 9.17) is 36.3 Å². The molecular weight excluding hydrogens is 570 g/mol. The summed E-state index contributed by atoms with van der Waals surface area (Å²) in [5, 5.41) is 16.2. The number of carboxylic acid groups (broad SMARTS) is 1. The number of nitrogens with zero attached hydrogens (tertiary/aromatic N) is 3. The number of aryl methyl sites for hydroxylation is 1. The number of carboxylic acids is 1. The Kier molecular flexibility index (Phi) is 13.3. The second-order valence-electron chi connectivity index (χ2n) is 8.89. The van der Waals surface area contributed by atoms with E-state index in [0.29, 0.717) is 56.3 Å². The quantitative estimate of drug-likeness (QED) is 0.141. The molecule has 0 radical (unpaired) electrons. The van der Waals surface area contributed by atoms with E-state index >= 15 is 0 Å². The summed E-state index contributed by atoms with van der Waals surface area (Å²) in [5.41, 5.74) is 6.54. The maximum atomic E-state index is 12.9. The van der Waals surface area contributed by atoms with E-state index < -0.39 is 17.9 Å². The third kappa shape index (κ3) is 9.89. The lowest BCUT2D eigenvalue weighted by Crippen LogP contribution is -2.42. The Morgan fingerprint density at radius 1 is 1.02 bits per heavy atom. The van der Waals surface area contributed by atoms with Crippen LogP contribution in [0.5, 0.6) is 5.75 Å². The lowest BCUT2D eigenvalue weighted by atomic mass is 10.0. The van der Waals surface area contributed by atoms with Crippen molar-refractivity contribution >= 4 is 23.5 Å². The first kappa shape index (κ1) is 32.6. The summed E-state index contributed by atoms with van der Waals surface area (Å²) in [4.78, 5) is 41.2. The molecule has 0 saturated carbocycles. The van der Waals surface area contributed by atoms with Gasteiger partial charge in [0.2, 0.25) is 0 Å². The van der Waals surface area contributed by atoms with Crippen LogP contribution in [-0.4, -0.2) is 90.6 Å². The van der Waals surface area contributed by atoms with Crippen LogP contribution in [0.25, 0.3) is 11.1 Å². The molecule has 3 rings (SSSR count). The molecule has 1 atom stereocenters. The van der Waals surface area contributed by atoms with Crippen molar-refractivity contribution in [3.63, 3.8) is 0 Å². The monoisotopic (exact) mass is 603 g/mol. The number of nitrogens with two attached hydrogens (primary N) is 1.